The van der Waals surface area contributed by atoms with Gasteiger partial charge in [-0.25, -0.2) is 9.79 Å². The number of halogens is 2. The molecule has 0 saturated carbocycles. The molecule has 3 rings (SSSR count). The van der Waals surface area contributed by atoms with Gasteiger partial charge in [0.05, 0.1) is 22.2 Å². The minimum atomic E-state index is -1.05. The lowest BCUT2D eigenvalue weighted by molar-refractivity contribution is -0.131. The van der Waals surface area contributed by atoms with Crippen molar-refractivity contribution in [2.45, 2.75) is 6.92 Å². The number of aliphatic imine (C=N–C) groups is 1. The fourth-order valence-electron chi connectivity index (χ4n) is 2.35. The normalized spacial score (nSPS) is 14.7. The molecule has 23 heavy (non-hydrogen) atoms. The van der Waals surface area contributed by atoms with Gasteiger partial charge >= 0.3 is 5.97 Å². The maximum absolute atomic E-state index is 11.3. The van der Waals surface area contributed by atoms with Crippen LogP contribution in [-0.4, -0.2) is 23.6 Å². The molecule has 118 valence electrons. The van der Waals surface area contributed by atoms with Gasteiger partial charge in [0.15, 0.2) is 0 Å². The highest BCUT2D eigenvalue weighted by molar-refractivity contribution is 7.17. The molecule has 4 nitrogen and oxygen atoms in total. The highest BCUT2D eigenvalue weighted by Crippen LogP contribution is 2.43. The Morgan fingerprint density at radius 1 is 1.35 bits per heavy atom. The summed E-state index contributed by atoms with van der Waals surface area (Å²) in [4.78, 5) is 16.5. The van der Waals surface area contributed by atoms with Crippen molar-refractivity contribution in [2.75, 3.05) is 6.61 Å². The van der Waals surface area contributed by atoms with Crippen LogP contribution < -0.4 is 0 Å². The summed E-state index contributed by atoms with van der Waals surface area (Å²) < 4.78 is 6.17. The highest BCUT2D eigenvalue weighted by atomic mass is 35.5. The maximum atomic E-state index is 11.3. The number of hydrogen-bond donors (Lipinski definition) is 1. The summed E-state index contributed by atoms with van der Waals surface area (Å²) in [5, 5.41) is 9.76. The number of thiophene rings is 1. The molecule has 0 unspecified atom stereocenters. The molecule has 1 N–H and O–H groups in total. The average Bonchev–Trinajstić information content (AvgIpc) is 2.82. The first kappa shape index (κ1) is 16.1. The number of aliphatic carboxylic acids is 1. The second kappa shape index (κ2) is 6.35. The van der Waals surface area contributed by atoms with Crippen molar-refractivity contribution in [1.82, 2.24) is 0 Å². The van der Waals surface area contributed by atoms with Gasteiger partial charge in [-0.1, -0.05) is 29.3 Å². The summed E-state index contributed by atoms with van der Waals surface area (Å²) in [6.45, 7) is 2.29. The minimum Gasteiger partial charge on any atom is -0.478 e. The number of fused-ring (bicyclic) bond motifs is 2. The van der Waals surface area contributed by atoms with Crippen molar-refractivity contribution in [1.29, 1.82) is 0 Å². The Balaban J connectivity index is 2.35. The van der Waals surface area contributed by atoms with E-state index in [0.717, 1.165) is 6.08 Å². The zero-order valence-electron chi connectivity index (χ0n) is 12.0. The molecule has 1 aliphatic heterocycles. The van der Waals surface area contributed by atoms with Crippen LogP contribution in [0.15, 0.2) is 35.3 Å². The van der Waals surface area contributed by atoms with Crippen molar-refractivity contribution >= 4 is 57.7 Å². The number of carboxylic acids is 1. The molecule has 2 aromatic rings. The van der Waals surface area contributed by atoms with E-state index < -0.39 is 5.97 Å². The second-order valence-corrected chi connectivity index (χ2v) is 6.82. The van der Waals surface area contributed by atoms with Gasteiger partial charge in [0, 0.05) is 27.1 Å². The van der Waals surface area contributed by atoms with Crippen molar-refractivity contribution < 1.29 is 14.6 Å². The van der Waals surface area contributed by atoms with Gasteiger partial charge in [-0.3, -0.25) is 0 Å². The highest BCUT2D eigenvalue weighted by Gasteiger charge is 2.25. The zero-order valence-corrected chi connectivity index (χ0v) is 14.3. The lowest BCUT2D eigenvalue weighted by atomic mass is 10.0. The predicted molar refractivity (Wildman–Crippen MR) is 93.3 cm³/mol. The molecule has 7 heteroatoms. The minimum absolute atomic E-state index is 0.406. The number of carbonyl (C=O) groups is 1. The quantitative estimate of drug-likeness (QED) is 0.759. The van der Waals surface area contributed by atoms with Crippen LogP contribution in [-0.2, 0) is 9.53 Å². The summed E-state index contributed by atoms with van der Waals surface area (Å²) in [6, 6.07) is 6.87. The summed E-state index contributed by atoms with van der Waals surface area (Å²) in [5.74, 6) is -0.640. The Morgan fingerprint density at radius 2 is 2.13 bits per heavy atom. The maximum Gasteiger partial charge on any atom is 0.328 e. The van der Waals surface area contributed by atoms with E-state index in [9.17, 15) is 9.90 Å². The van der Waals surface area contributed by atoms with Crippen LogP contribution in [0.2, 0.25) is 9.36 Å². The van der Waals surface area contributed by atoms with E-state index >= 15 is 0 Å². The molecule has 0 radical (unpaired) electrons. The van der Waals surface area contributed by atoms with Crippen LogP contribution in [0.25, 0.3) is 5.57 Å². The van der Waals surface area contributed by atoms with Gasteiger partial charge in [0.2, 0.25) is 5.90 Å². The number of rotatable bonds is 2. The first-order chi connectivity index (χ1) is 11.0. The first-order valence-electron chi connectivity index (χ1n) is 6.75. The Hall–Kier alpha value is -1.82. The predicted octanol–water partition coefficient (Wildman–Crippen LogP) is 5.00. The van der Waals surface area contributed by atoms with Crippen molar-refractivity contribution in [3.05, 3.63) is 55.7 Å². The number of ether oxygens (including phenoxy) is 1. The molecule has 1 aliphatic rings. The Kier molecular flexibility index (Phi) is 4.43. The number of carboxylic acid groups (broad SMARTS) is 1. The molecule has 2 heterocycles. The zero-order chi connectivity index (χ0) is 16.6. The van der Waals surface area contributed by atoms with Gasteiger partial charge in [-0.2, -0.15) is 0 Å². The van der Waals surface area contributed by atoms with Crippen LogP contribution in [0.3, 0.4) is 0 Å². The molecular formula is C16H11Cl2NO3S. The monoisotopic (exact) mass is 367 g/mol. The van der Waals surface area contributed by atoms with Crippen molar-refractivity contribution in [3.63, 3.8) is 0 Å². The van der Waals surface area contributed by atoms with E-state index in [1.165, 1.54) is 11.3 Å². The van der Waals surface area contributed by atoms with Gasteiger partial charge in [0.25, 0.3) is 0 Å². The SMILES string of the molecule is CCOC1=Nc2cc(Cl)ccc2/C(=C/C(=O)O)c2sc(Cl)cc21. The fourth-order valence-corrected chi connectivity index (χ4v) is 3.76. The number of hydrogen-bond acceptors (Lipinski definition) is 4. The van der Waals surface area contributed by atoms with Crippen molar-refractivity contribution in [3.8, 4) is 0 Å². The van der Waals surface area contributed by atoms with Crippen LogP contribution in [0.4, 0.5) is 5.69 Å². The van der Waals surface area contributed by atoms with Gasteiger partial charge < -0.3 is 9.84 Å². The van der Waals surface area contributed by atoms with E-state index in [4.69, 9.17) is 27.9 Å². The molecule has 0 saturated heterocycles. The number of nitrogens with zero attached hydrogens (tertiary/aromatic N) is 1. The van der Waals surface area contributed by atoms with Crippen LogP contribution in [0.1, 0.15) is 22.9 Å². The molecule has 0 atom stereocenters. The molecule has 1 aromatic heterocycles. The summed E-state index contributed by atoms with van der Waals surface area (Å²) in [6.07, 6.45) is 1.16. The van der Waals surface area contributed by atoms with E-state index in [0.29, 0.717) is 49.1 Å². The summed E-state index contributed by atoms with van der Waals surface area (Å²) in [7, 11) is 0. The van der Waals surface area contributed by atoms with Crippen LogP contribution in [0, 0.1) is 0 Å². The largest absolute Gasteiger partial charge is 0.478 e. The molecule has 0 aliphatic carbocycles. The molecule has 0 spiro atoms. The van der Waals surface area contributed by atoms with Gasteiger partial charge in [-0.05, 0) is 25.1 Å². The Bertz CT molecular complexity index is 855. The fraction of sp³-hybridized carbons (Fsp3) is 0.125. The summed E-state index contributed by atoms with van der Waals surface area (Å²) >= 11 is 13.5. The molecule has 1 aromatic carbocycles. The lowest BCUT2D eigenvalue weighted by Gasteiger charge is -2.07. The third-order valence-electron chi connectivity index (χ3n) is 3.20. The summed E-state index contributed by atoms with van der Waals surface area (Å²) in [5.41, 5.74) is 2.45. The third-order valence-corrected chi connectivity index (χ3v) is 4.73. The number of benzene rings is 1. The molecule has 0 amide bonds. The standard InChI is InChI=1S/C16H11Cl2NO3S/c1-2-22-16-11-6-13(18)23-15(11)10(7-14(20)21)9-4-3-8(17)5-12(9)19-16/h3-7H,2H2,1H3,(H,20,21)/b10-7-. The van der Waals surface area contributed by atoms with Gasteiger partial charge in [0.1, 0.15) is 0 Å². The molecular weight excluding hydrogens is 357 g/mol. The Labute approximate surface area is 146 Å². The second-order valence-electron chi connectivity index (χ2n) is 4.70. The Morgan fingerprint density at radius 3 is 2.83 bits per heavy atom. The van der Waals surface area contributed by atoms with Crippen LogP contribution in [0.5, 0.6) is 0 Å². The van der Waals surface area contributed by atoms with E-state index in [1.807, 2.05) is 6.92 Å². The first-order valence-corrected chi connectivity index (χ1v) is 8.33. The van der Waals surface area contributed by atoms with E-state index in [1.54, 1.807) is 24.3 Å². The lowest BCUT2D eigenvalue weighted by Crippen LogP contribution is -2.06. The molecule has 0 fully saturated rings. The smallest absolute Gasteiger partial charge is 0.328 e. The van der Waals surface area contributed by atoms with E-state index in [-0.39, 0.29) is 0 Å². The average molecular weight is 368 g/mol. The molecule has 0 bridgehead atoms. The third kappa shape index (κ3) is 3.13. The van der Waals surface area contributed by atoms with Gasteiger partial charge in [-0.15, -0.1) is 11.3 Å². The van der Waals surface area contributed by atoms with Crippen molar-refractivity contribution in [2.24, 2.45) is 4.99 Å². The topological polar surface area (TPSA) is 58.9 Å². The van der Waals surface area contributed by atoms with E-state index in [2.05, 4.69) is 4.99 Å². The van der Waals surface area contributed by atoms with Crippen LogP contribution >= 0.6 is 34.5 Å².